The van der Waals surface area contributed by atoms with Crippen molar-refractivity contribution in [1.82, 2.24) is 15.8 Å². The highest BCUT2D eigenvalue weighted by Gasteiger charge is 2.30. The fraction of sp³-hybridized carbons (Fsp3) is 0.391. The number of non-ortho nitro benzene ring substituents is 1. The molecule has 0 radical (unpaired) electrons. The number of carbonyl (C=O) groups excluding carboxylic acids is 2. The van der Waals surface area contributed by atoms with E-state index >= 15 is 0 Å². The molecule has 2 aromatic rings. The van der Waals surface area contributed by atoms with Crippen LogP contribution in [0.25, 0.3) is 0 Å². The molecule has 0 bridgehead atoms. The van der Waals surface area contributed by atoms with Gasteiger partial charge in [0, 0.05) is 23.4 Å². The lowest BCUT2D eigenvalue weighted by Crippen LogP contribution is -2.42. The van der Waals surface area contributed by atoms with Gasteiger partial charge in [-0.15, -0.1) is 0 Å². The number of rotatable bonds is 5. The standard InChI is InChI=1S/C23H25N5O4S/c1-23(2,3)17-7-8-19-15(10-17)9-16(12-24)22(25-19)33-13-20(29)26-27-21(30)14-5-4-6-18(11-14)28(31)32/h4-6,9,11,17H,7-8,10,13H2,1-3H3,(H,26,29)(H,27,30). The fourth-order valence-corrected chi connectivity index (χ4v) is 4.48. The van der Waals surface area contributed by atoms with E-state index < -0.39 is 16.7 Å². The third kappa shape index (κ3) is 6.08. The van der Waals surface area contributed by atoms with Crippen LogP contribution in [0.1, 0.15) is 54.4 Å². The van der Waals surface area contributed by atoms with Crippen molar-refractivity contribution in [3.05, 3.63) is 62.8 Å². The highest BCUT2D eigenvalue weighted by molar-refractivity contribution is 8.00. The Morgan fingerprint density at radius 3 is 2.73 bits per heavy atom. The fourth-order valence-electron chi connectivity index (χ4n) is 3.70. The summed E-state index contributed by atoms with van der Waals surface area (Å²) < 4.78 is 0. The molecule has 1 aromatic carbocycles. The molecule has 10 heteroatoms. The first-order chi connectivity index (χ1) is 15.6. The number of nitriles is 1. The maximum Gasteiger partial charge on any atom is 0.270 e. The zero-order valence-electron chi connectivity index (χ0n) is 18.7. The Morgan fingerprint density at radius 1 is 1.30 bits per heavy atom. The molecule has 1 unspecified atom stereocenters. The number of aryl methyl sites for hydroxylation is 1. The van der Waals surface area contributed by atoms with E-state index in [1.54, 1.807) is 0 Å². The average molecular weight is 468 g/mol. The van der Waals surface area contributed by atoms with Crippen molar-refractivity contribution in [1.29, 1.82) is 5.26 Å². The number of aromatic nitrogens is 1. The average Bonchev–Trinajstić information content (AvgIpc) is 2.79. The van der Waals surface area contributed by atoms with E-state index in [-0.39, 0.29) is 22.4 Å². The number of hydrazine groups is 1. The molecule has 0 saturated heterocycles. The van der Waals surface area contributed by atoms with Crippen molar-refractivity contribution >= 4 is 29.3 Å². The number of nitrogens with zero attached hydrogens (tertiary/aromatic N) is 3. The van der Waals surface area contributed by atoms with E-state index in [0.29, 0.717) is 16.5 Å². The van der Waals surface area contributed by atoms with Gasteiger partial charge >= 0.3 is 0 Å². The van der Waals surface area contributed by atoms with Gasteiger partial charge in [-0.25, -0.2) is 4.98 Å². The largest absolute Gasteiger partial charge is 0.272 e. The summed E-state index contributed by atoms with van der Waals surface area (Å²) in [6, 6.07) is 9.24. The number of fused-ring (bicyclic) bond motifs is 1. The van der Waals surface area contributed by atoms with Gasteiger partial charge in [0.1, 0.15) is 11.1 Å². The number of hydrogen-bond acceptors (Lipinski definition) is 7. The van der Waals surface area contributed by atoms with Crippen molar-refractivity contribution < 1.29 is 14.5 Å². The van der Waals surface area contributed by atoms with Crippen LogP contribution in [0.3, 0.4) is 0 Å². The number of nitro benzene ring substituents is 1. The van der Waals surface area contributed by atoms with E-state index in [1.165, 1.54) is 18.2 Å². The molecule has 172 valence electrons. The molecule has 2 amide bonds. The lowest BCUT2D eigenvalue weighted by Gasteiger charge is -2.34. The SMILES string of the molecule is CC(C)(C)C1CCc2nc(SCC(=O)NNC(=O)c3cccc([N+](=O)[O-])c3)c(C#N)cc2C1. The highest BCUT2D eigenvalue weighted by atomic mass is 32.2. The zero-order valence-corrected chi connectivity index (χ0v) is 19.5. The van der Waals surface area contributed by atoms with Gasteiger partial charge in [-0.3, -0.25) is 30.6 Å². The third-order valence-corrected chi connectivity index (χ3v) is 6.66. The normalized spacial score (nSPS) is 15.2. The number of hydrogen-bond donors (Lipinski definition) is 2. The molecule has 0 saturated carbocycles. The second-order valence-corrected chi connectivity index (χ2v) is 9.93. The van der Waals surface area contributed by atoms with Gasteiger partial charge < -0.3 is 0 Å². The maximum absolute atomic E-state index is 12.2. The Labute approximate surface area is 196 Å². The van der Waals surface area contributed by atoms with E-state index in [0.717, 1.165) is 48.3 Å². The quantitative estimate of drug-likeness (QED) is 0.389. The molecule has 1 atom stereocenters. The Morgan fingerprint density at radius 2 is 2.06 bits per heavy atom. The molecule has 9 nitrogen and oxygen atoms in total. The summed E-state index contributed by atoms with van der Waals surface area (Å²) in [5.74, 6) is -0.692. The molecule has 0 spiro atoms. The number of benzene rings is 1. The number of pyridine rings is 1. The van der Waals surface area contributed by atoms with Gasteiger partial charge in [-0.1, -0.05) is 38.6 Å². The monoisotopic (exact) mass is 467 g/mol. The Hall–Kier alpha value is -3.45. The second kappa shape index (κ2) is 10.0. The molecule has 1 aliphatic carbocycles. The van der Waals surface area contributed by atoms with E-state index in [1.807, 2.05) is 6.07 Å². The Balaban J connectivity index is 1.59. The van der Waals surface area contributed by atoms with Crippen LogP contribution in [0.15, 0.2) is 35.4 Å². The molecular weight excluding hydrogens is 442 g/mol. The van der Waals surface area contributed by atoms with Crippen LogP contribution in [0.4, 0.5) is 5.69 Å². The predicted octanol–water partition coefficient (Wildman–Crippen LogP) is 3.57. The molecule has 1 heterocycles. The van der Waals surface area contributed by atoms with Crippen LogP contribution in [0, 0.1) is 32.8 Å². The molecule has 33 heavy (non-hydrogen) atoms. The van der Waals surface area contributed by atoms with Gasteiger partial charge in [-0.2, -0.15) is 5.26 Å². The van der Waals surface area contributed by atoms with Gasteiger partial charge in [0.2, 0.25) is 5.91 Å². The van der Waals surface area contributed by atoms with Crippen molar-refractivity contribution in [3.63, 3.8) is 0 Å². The first-order valence-corrected chi connectivity index (χ1v) is 11.5. The first kappa shape index (κ1) is 24.2. The van der Waals surface area contributed by atoms with Gasteiger partial charge in [0.05, 0.1) is 16.2 Å². The summed E-state index contributed by atoms with van der Waals surface area (Å²) in [5.41, 5.74) is 7.03. The molecule has 1 aromatic heterocycles. The van der Waals surface area contributed by atoms with Gasteiger partial charge in [0.15, 0.2) is 0 Å². The van der Waals surface area contributed by atoms with E-state index in [2.05, 4.69) is 42.7 Å². The zero-order chi connectivity index (χ0) is 24.2. The molecule has 0 aliphatic heterocycles. The van der Waals surface area contributed by atoms with Gasteiger partial charge in [-0.05, 0) is 48.3 Å². The van der Waals surface area contributed by atoms with Crippen molar-refractivity contribution in [2.45, 2.75) is 45.1 Å². The van der Waals surface area contributed by atoms with Crippen LogP contribution in [0.5, 0.6) is 0 Å². The minimum Gasteiger partial charge on any atom is -0.272 e. The van der Waals surface area contributed by atoms with Gasteiger partial charge in [0.25, 0.3) is 11.6 Å². The molecular formula is C23H25N5O4S. The van der Waals surface area contributed by atoms with Crippen molar-refractivity contribution in [2.24, 2.45) is 11.3 Å². The van der Waals surface area contributed by atoms with Crippen molar-refractivity contribution in [3.8, 4) is 6.07 Å². The minimum absolute atomic E-state index is 0.0498. The minimum atomic E-state index is -0.671. The van der Waals surface area contributed by atoms with E-state index in [9.17, 15) is 25.0 Å². The van der Waals surface area contributed by atoms with Crippen LogP contribution >= 0.6 is 11.8 Å². The van der Waals surface area contributed by atoms with Crippen LogP contribution < -0.4 is 10.9 Å². The lowest BCUT2D eigenvalue weighted by molar-refractivity contribution is -0.384. The Kier molecular flexibility index (Phi) is 7.33. The summed E-state index contributed by atoms with van der Waals surface area (Å²) in [6.07, 6.45) is 2.75. The summed E-state index contributed by atoms with van der Waals surface area (Å²) in [4.78, 5) is 39.2. The Bertz CT molecular complexity index is 1140. The number of thioether (sulfide) groups is 1. The summed E-state index contributed by atoms with van der Waals surface area (Å²) in [7, 11) is 0. The molecule has 0 fully saturated rings. The summed E-state index contributed by atoms with van der Waals surface area (Å²) >= 11 is 1.13. The number of carbonyl (C=O) groups is 2. The van der Waals surface area contributed by atoms with E-state index in [4.69, 9.17) is 0 Å². The smallest absolute Gasteiger partial charge is 0.270 e. The first-order valence-electron chi connectivity index (χ1n) is 10.5. The second-order valence-electron chi connectivity index (χ2n) is 8.96. The number of amides is 2. The molecule has 3 rings (SSSR count). The summed E-state index contributed by atoms with van der Waals surface area (Å²) in [6.45, 7) is 6.67. The van der Waals surface area contributed by atoms with Crippen LogP contribution in [0.2, 0.25) is 0 Å². The number of nitro groups is 1. The van der Waals surface area contributed by atoms with Crippen molar-refractivity contribution in [2.75, 3.05) is 5.75 Å². The maximum atomic E-state index is 12.2. The molecule has 2 N–H and O–H groups in total. The lowest BCUT2D eigenvalue weighted by atomic mass is 9.71. The topological polar surface area (TPSA) is 138 Å². The third-order valence-electron chi connectivity index (χ3n) is 5.67. The summed E-state index contributed by atoms with van der Waals surface area (Å²) in [5, 5.41) is 20.9. The van der Waals surface area contributed by atoms with Crippen LogP contribution in [-0.2, 0) is 17.6 Å². The highest BCUT2D eigenvalue weighted by Crippen LogP contribution is 2.38. The predicted molar refractivity (Wildman–Crippen MR) is 123 cm³/mol. The molecule has 1 aliphatic rings. The number of nitrogens with one attached hydrogen (secondary N) is 2. The van der Waals surface area contributed by atoms with Crippen LogP contribution in [-0.4, -0.2) is 27.5 Å².